The number of rotatable bonds is 7. The van der Waals surface area contributed by atoms with E-state index in [1.54, 1.807) is 0 Å². The highest BCUT2D eigenvalue weighted by Gasteiger charge is 2.13. The Morgan fingerprint density at radius 2 is 2.00 bits per heavy atom. The lowest BCUT2D eigenvalue weighted by Crippen LogP contribution is -2.31. The molecule has 0 spiro atoms. The molecule has 1 heterocycles. The molecule has 1 amide bonds. The van der Waals surface area contributed by atoms with Gasteiger partial charge in [-0.25, -0.2) is 4.98 Å². The lowest BCUT2D eigenvalue weighted by Gasteiger charge is -2.14. The Hall–Kier alpha value is -2.21. The van der Waals surface area contributed by atoms with Gasteiger partial charge in [-0.2, -0.15) is 0 Å². The summed E-state index contributed by atoms with van der Waals surface area (Å²) >= 11 is 1.48. The lowest BCUT2D eigenvalue weighted by molar-refractivity contribution is -0.148. The van der Waals surface area contributed by atoms with Gasteiger partial charge in [0.05, 0.1) is 23.2 Å². The van der Waals surface area contributed by atoms with E-state index in [1.165, 1.54) is 16.9 Å². The van der Waals surface area contributed by atoms with Gasteiger partial charge >= 0.3 is 5.97 Å². The number of hydrogen-bond donors (Lipinski definition) is 1. The van der Waals surface area contributed by atoms with Gasteiger partial charge in [0.1, 0.15) is 0 Å². The maximum absolute atomic E-state index is 11.9. The van der Waals surface area contributed by atoms with E-state index >= 15 is 0 Å². The highest BCUT2D eigenvalue weighted by atomic mass is 32.1. The second-order valence-corrected chi connectivity index (χ2v) is 6.64. The van der Waals surface area contributed by atoms with Gasteiger partial charge in [0.15, 0.2) is 6.61 Å². The molecule has 1 aromatic carbocycles. The van der Waals surface area contributed by atoms with Crippen LogP contribution in [0.2, 0.25) is 0 Å². The number of amides is 1. The fourth-order valence-corrected chi connectivity index (χ4v) is 2.86. The number of aryl methyl sites for hydroxylation is 2. The molecule has 2 rings (SSSR count). The number of aromatic nitrogens is 1. The molecule has 0 aliphatic rings. The second-order valence-electron chi connectivity index (χ2n) is 5.58. The summed E-state index contributed by atoms with van der Waals surface area (Å²) in [6.45, 7) is 5.60. The molecule has 5 nitrogen and oxygen atoms in total. The predicted molar refractivity (Wildman–Crippen MR) is 93.9 cm³/mol. The summed E-state index contributed by atoms with van der Waals surface area (Å²) in [7, 11) is 0. The van der Waals surface area contributed by atoms with E-state index in [2.05, 4.69) is 17.2 Å². The Balaban J connectivity index is 1.76. The van der Waals surface area contributed by atoms with Crippen molar-refractivity contribution in [3.8, 4) is 0 Å². The van der Waals surface area contributed by atoms with Crippen molar-refractivity contribution in [1.29, 1.82) is 0 Å². The monoisotopic (exact) mass is 346 g/mol. The highest BCUT2D eigenvalue weighted by molar-refractivity contribution is 7.09. The Morgan fingerprint density at radius 3 is 2.58 bits per heavy atom. The topological polar surface area (TPSA) is 68.3 Å². The van der Waals surface area contributed by atoms with Gasteiger partial charge in [0.25, 0.3) is 5.91 Å². The van der Waals surface area contributed by atoms with Crippen LogP contribution in [-0.4, -0.2) is 23.5 Å². The fraction of sp³-hybridized carbons (Fsp3) is 0.389. The SMILES string of the molecule is CCc1ccc([C@@H](C)NC(=O)COC(=O)Cc2csc(C)n2)cc1. The molecule has 0 unspecified atom stereocenters. The molecule has 0 radical (unpaired) electrons. The van der Waals surface area contributed by atoms with Gasteiger partial charge in [-0.3, -0.25) is 9.59 Å². The van der Waals surface area contributed by atoms with Crippen LogP contribution in [0.3, 0.4) is 0 Å². The van der Waals surface area contributed by atoms with E-state index in [9.17, 15) is 9.59 Å². The normalized spacial score (nSPS) is 11.8. The van der Waals surface area contributed by atoms with E-state index < -0.39 is 5.97 Å². The first-order valence-corrected chi connectivity index (χ1v) is 8.80. The molecule has 0 fully saturated rings. The molecule has 0 saturated carbocycles. The van der Waals surface area contributed by atoms with Crippen molar-refractivity contribution in [1.82, 2.24) is 10.3 Å². The first kappa shape index (κ1) is 18.1. The molecule has 1 atom stereocenters. The summed E-state index contributed by atoms with van der Waals surface area (Å²) in [6.07, 6.45) is 1.07. The second kappa shape index (κ2) is 8.59. The minimum atomic E-state index is -0.449. The van der Waals surface area contributed by atoms with Crippen LogP contribution < -0.4 is 5.32 Å². The number of ether oxygens (including phenoxy) is 1. The molecule has 24 heavy (non-hydrogen) atoms. The van der Waals surface area contributed by atoms with E-state index in [1.807, 2.05) is 43.5 Å². The van der Waals surface area contributed by atoms with Crippen molar-refractivity contribution in [3.05, 3.63) is 51.5 Å². The van der Waals surface area contributed by atoms with Crippen molar-refractivity contribution in [2.24, 2.45) is 0 Å². The number of carbonyl (C=O) groups excluding carboxylic acids is 2. The van der Waals surface area contributed by atoms with Gasteiger partial charge in [0.2, 0.25) is 0 Å². The smallest absolute Gasteiger partial charge is 0.312 e. The summed E-state index contributed by atoms with van der Waals surface area (Å²) in [5, 5.41) is 5.55. The Bertz CT molecular complexity index is 695. The van der Waals surface area contributed by atoms with E-state index in [4.69, 9.17) is 4.74 Å². The van der Waals surface area contributed by atoms with Crippen molar-refractivity contribution in [2.75, 3.05) is 6.61 Å². The van der Waals surface area contributed by atoms with Crippen LogP contribution in [-0.2, 0) is 27.2 Å². The van der Waals surface area contributed by atoms with E-state index in [0.717, 1.165) is 17.0 Å². The number of nitrogens with zero attached hydrogens (tertiary/aromatic N) is 1. The summed E-state index contributed by atoms with van der Waals surface area (Å²) < 4.78 is 5.00. The number of hydrogen-bond acceptors (Lipinski definition) is 5. The van der Waals surface area contributed by atoms with Crippen molar-refractivity contribution < 1.29 is 14.3 Å². The molecule has 128 valence electrons. The van der Waals surface area contributed by atoms with Crippen molar-refractivity contribution in [3.63, 3.8) is 0 Å². The molecule has 0 bridgehead atoms. The number of benzene rings is 1. The first-order chi connectivity index (χ1) is 11.5. The highest BCUT2D eigenvalue weighted by Crippen LogP contribution is 2.13. The lowest BCUT2D eigenvalue weighted by atomic mass is 10.1. The fourth-order valence-electron chi connectivity index (χ4n) is 2.24. The zero-order valence-corrected chi connectivity index (χ0v) is 15.0. The van der Waals surface area contributed by atoms with Crippen LogP contribution >= 0.6 is 11.3 Å². The van der Waals surface area contributed by atoms with Gasteiger partial charge in [0, 0.05) is 5.38 Å². The minimum Gasteiger partial charge on any atom is -0.455 e. The zero-order chi connectivity index (χ0) is 17.5. The molecule has 1 N–H and O–H groups in total. The predicted octanol–water partition coefficient (Wildman–Crippen LogP) is 2.98. The molecule has 0 saturated heterocycles. The Labute approximate surface area is 146 Å². The van der Waals surface area contributed by atoms with Crippen LogP contribution in [0.15, 0.2) is 29.6 Å². The summed E-state index contributed by atoms with van der Waals surface area (Å²) in [5.41, 5.74) is 2.94. The van der Waals surface area contributed by atoms with Crippen molar-refractivity contribution in [2.45, 2.75) is 39.7 Å². The maximum Gasteiger partial charge on any atom is 0.312 e. The van der Waals surface area contributed by atoms with E-state index in [-0.39, 0.29) is 25.0 Å². The Kier molecular flexibility index (Phi) is 6.49. The third-order valence-corrected chi connectivity index (χ3v) is 4.44. The van der Waals surface area contributed by atoms with Gasteiger partial charge < -0.3 is 10.1 Å². The van der Waals surface area contributed by atoms with Gasteiger partial charge in [-0.1, -0.05) is 31.2 Å². The maximum atomic E-state index is 11.9. The third kappa shape index (κ3) is 5.45. The van der Waals surface area contributed by atoms with Crippen LogP contribution in [0.5, 0.6) is 0 Å². The first-order valence-electron chi connectivity index (χ1n) is 7.92. The number of carbonyl (C=O) groups is 2. The molecule has 1 aromatic heterocycles. The van der Waals surface area contributed by atoms with Crippen LogP contribution in [0, 0.1) is 6.92 Å². The molecule has 0 aliphatic carbocycles. The van der Waals surface area contributed by atoms with Crippen molar-refractivity contribution >= 4 is 23.2 Å². The minimum absolute atomic E-state index is 0.0889. The quantitative estimate of drug-likeness (QED) is 0.783. The van der Waals surface area contributed by atoms with E-state index in [0.29, 0.717) is 5.69 Å². The molecule has 6 heteroatoms. The third-order valence-electron chi connectivity index (χ3n) is 3.62. The zero-order valence-electron chi connectivity index (χ0n) is 14.2. The number of thiazole rings is 1. The summed E-state index contributed by atoms with van der Waals surface area (Å²) in [4.78, 5) is 27.8. The summed E-state index contributed by atoms with van der Waals surface area (Å²) in [5.74, 6) is -0.764. The Morgan fingerprint density at radius 1 is 1.29 bits per heavy atom. The van der Waals surface area contributed by atoms with Crippen LogP contribution in [0.25, 0.3) is 0 Å². The average Bonchev–Trinajstić information content (AvgIpc) is 2.98. The number of nitrogens with one attached hydrogen (secondary N) is 1. The average molecular weight is 346 g/mol. The molecular formula is C18H22N2O3S. The van der Waals surface area contributed by atoms with Crippen LogP contribution in [0.4, 0.5) is 0 Å². The van der Waals surface area contributed by atoms with Gasteiger partial charge in [-0.05, 0) is 31.4 Å². The molecular weight excluding hydrogens is 324 g/mol. The van der Waals surface area contributed by atoms with Gasteiger partial charge in [-0.15, -0.1) is 11.3 Å². The largest absolute Gasteiger partial charge is 0.455 e. The van der Waals surface area contributed by atoms with Crippen LogP contribution in [0.1, 0.15) is 41.7 Å². The summed E-state index contributed by atoms with van der Waals surface area (Å²) in [6, 6.07) is 7.96. The number of esters is 1. The standard InChI is InChI=1S/C18H22N2O3S/c1-4-14-5-7-15(8-6-14)12(2)19-17(21)10-23-18(22)9-16-11-24-13(3)20-16/h5-8,11-12H,4,9-10H2,1-3H3,(H,19,21)/t12-/m1/s1. The molecule has 0 aliphatic heterocycles. The molecule has 2 aromatic rings.